The molecule has 2 aromatic rings. The summed E-state index contributed by atoms with van der Waals surface area (Å²) < 4.78 is 11.3. The van der Waals surface area contributed by atoms with Crippen molar-refractivity contribution in [1.82, 2.24) is 0 Å². The minimum Gasteiger partial charge on any atom is -0.486 e. The molecule has 94 valence electrons. The molecule has 3 rings (SSSR count). The van der Waals surface area contributed by atoms with Gasteiger partial charge in [-0.3, -0.25) is 0 Å². The summed E-state index contributed by atoms with van der Waals surface area (Å²) in [6.45, 7) is 3.27. The maximum absolute atomic E-state index is 6.32. The second-order valence-corrected chi connectivity index (χ2v) is 5.46. The Labute approximate surface area is 110 Å². The largest absolute Gasteiger partial charge is 0.486 e. The SMILES string of the molecule is Cc1cc(C(N)c2cccc3c2OCCO3)cs1. The molecule has 0 saturated carbocycles. The summed E-state index contributed by atoms with van der Waals surface area (Å²) in [6.07, 6.45) is 0. The Hall–Kier alpha value is -1.52. The van der Waals surface area contributed by atoms with Crippen molar-refractivity contribution in [2.24, 2.45) is 5.73 Å². The maximum atomic E-state index is 6.32. The van der Waals surface area contributed by atoms with Gasteiger partial charge in [-0.15, -0.1) is 11.3 Å². The van der Waals surface area contributed by atoms with Crippen molar-refractivity contribution >= 4 is 11.3 Å². The summed E-state index contributed by atoms with van der Waals surface area (Å²) in [4.78, 5) is 1.27. The third kappa shape index (κ3) is 1.98. The van der Waals surface area contributed by atoms with Crippen molar-refractivity contribution in [3.63, 3.8) is 0 Å². The first kappa shape index (κ1) is 11.6. The zero-order valence-electron chi connectivity index (χ0n) is 10.2. The van der Waals surface area contributed by atoms with E-state index in [1.807, 2.05) is 18.2 Å². The zero-order chi connectivity index (χ0) is 12.5. The lowest BCUT2D eigenvalue weighted by atomic mass is 10.0. The number of nitrogens with two attached hydrogens (primary N) is 1. The number of rotatable bonds is 2. The van der Waals surface area contributed by atoms with Crippen LogP contribution in [0.3, 0.4) is 0 Å². The summed E-state index contributed by atoms with van der Waals surface area (Å²) in [5.74, 6) is 1.58. The molecule has 1 aromatic carbocycles. The van der Waals surface area contributed by atoms with Gasteiger partial charge in [-0.05, 0) is 30.0 Å². The van der Waals surface area contributed by atoms with E-state index in [2.05, 4.69) is 18.4 Å². The molecule has 18 heavy (non-hydrogen) atoms. The highest BCUT2D eigenvalue weighted by Gasteiger charge is 2.21. The number of benzene rings is 1. The molecule has 4 heteroatoms. The van der Waals surface area contributed by atoms with E-state index in [9.17, 15) is 0 Å². The molecule has 2 heterocycles. The number of aryl methyl sites for hydroxylation is 1. The van der Waals surface area contributed by atoms with E-state index in [4.69, 9.17) is 15.2 Å². The lowest BCUT2D eigenvalue weighted by Gasteiger charge is -2.23. The Morgan fingerprint density at radius 2 is 2.11 bits per heavy atom. The molecular formula is C14H15NO2S. The molecule has 1 aliphatic heterocycles. The van der Waals surface area contributed by atoms with Gasteiger partial charge in [-0.1, -0.05) is 12.1 Å². The van der Waals surface area contributed by atoms with Crippen LogP contribution in [-0.4, -0.2) is 13.2 Å². The average molecular weight is 261 g/mol. The molecule has 2 N–H and O–H groups in total. The van der Waals surface area contributed by atoms with E-state index >= 15 is 0 Å². The number of fused-ring (bicyclic) bond motifs is 1. The van der Waals surface area contributed by atoms with E-state index in [0.717, 1.165) is 22.6 Å². The normalized spacial score (nSPS) is 15.4. The Bertz CT molecular complexity index is 565. The standard InChI is InChI=1S/C14H15NO2S/c1-9-7-10(8-18-9)13(15)11-3-2-4-12-14(11)17-6-5-16-12/h2-4,7-8,13H,5-6,15H2,1H3. The quantitative estimate of drug-likeness (QED) is 0.904. The van der Waals surface area contributed by atoms with Gasteiger partial charge in [0.25, 0.3) is 0 Å². The average Bonchev–Trinajstić information content (AvgIpc) is 2.84. The summed E-state index contributed by atoms with van der Waals surface area (Å²) in [7, 11) is 0. The maximum Gasteiger partial charge on any atom is 0.166 e. The monoisotopic (exact) mass is 261 g/mol. The zero-order valence-corrected chi connectivity index (χ0v) is 11.0. The van der Waals surface area contributed by atoms with E-state index in [1.165, 1.54) is 4.88 Å². The smallest absolute Gasteiger partial charge is 0.166 e. The fourth-order valence-electron chi connectivity index (χ4n) is 2.15. The molecule has 0 aliphatic carbocycles. The first-order valence-corrected chi connectivity index (χ1v) is 6.83. The lowest BCUT2D eigenvalue weighted by molar-refractivity contribution is 0.169. The molecule has 1 aromatic heterocycles. The second kappa shape index (κ2) is 4.63. The first-order valence-electron chi connectivity index (χ1n) is 5.95. The van der Waals surface area contributed by atoms with Crippen LogP contribution in [0.5, 0.6) is 11.5 Å². The van der Waals surface area contributed by atoms with Crippen molar-refractivity contribution in [1.29, 1.82) is 0 Å². The van der Waals surface area contributed by atoms with Gasteiger partial charge in [-0.2, -0.15) is 0 Å². The lowest BCUT2D eigenvalue weighted by Crippen LogP contribution is -2.19. The number of hydrogen-bond donors (Lipinski definition) is 1. The molecular weight excluding hydrogens is 246 g/mol. The van der Waals surface area contributed by atoms with E-state index in [-0.39, 0.29) is 6.04 Å². The number of ether oxygens (including phenoxy) is 2. The molecule has 0 saturated heterocycles. The third-order valence-electron chi connectivity index (χ3n) is 3.04. The molecule has 1 unspecified atom stereocenters. The summed E-state index contributed by atoms with van der Waals surface area (Å²) >= 11 is 1.71. The third-order valence-corrected chi connectivity index (χ3v) is 3.92. The fraction of sp³-hybridized carbons (Fsp3) is 0.286. The van der Waals surface area contributed by atoms with E-state index in [1.54, 1.807) is 11.3 Å². The van der Waals surface area contributed by atoms with Crippen molar-refractivity contribution in [3.05, 3.63) is 45.6 Å². The van der Waals surface area contributed by atoms with Crippen LogP contribution in [0, 0.1) is 6.92 Å². The van der Waals surface area contributed by atoms with Crippen LogP contribution in [0.2, 0.25) is 0 Å². The van der Waals surface area contributed by atoms with Gasteiger partial charge in [0, 0.05) is 10.4 Å². The van der Waals surface area contributed by atoms with Gasteiger partial charge in [-0.25, -0.2) is 0 Å². The Kier molecular flexibility index (Phi) is 2.97. The predicted molar refractivity (Wildman–Crippen MR) is 72.5 cm³/mol. The van der Waals surface area contributed by atoms with Crippen LogP contribution >= 0.6 is 11.3 Å². The van der Waals surface area contributed by atoms with Gasteiger partial charge in [0.1, 0.15) is 13.2 Å². The van der Waals surface area contributed by atoms with Crippen LogP contribution in [-0.2, 0) is 0 Å². The van der Waals surface area contributed by atoms with Gasteiger partial charge < -0.3 is 15.2 Å². The molecule has 0 amide bonds. The van der Waals surface area contributed by atoms with Crippen molar-refractivity contribution in [3.8, 4) is 11.5 Å². The summed E-state index contributed by atoms with van der Waals surface area (Å²) in [6, 6.07) is 7.85. The number of thiophene rings is 1. The van der Waals surface area contributed by atoms with Crippen molar-refractivity contribution in [2.75, 3.05) is 13.2 Å². The highest BCUT2D eigenvalue weighted by Crippen LogP contribution is 2.38. The van der Waals surface area contributed by atoms with E-state index in [0.29, 0.717) is 13.2 Å². The van der Waals surface area contributed by atoms with Gasteiger partial charge in [0.05, 0.1) is 6.04 Å². The number of hydrogen-bond acceptors (Lipinski definition) is 4. The fourth-order valence-corrected chi connectivity index (χ4v) is 2.89. The van der Waals surface area contributed by atoms with Crippen LogP contribution in [0.1, 0.15) is 22.0 Å². The van der Waals surface area contributed by atoms with Gasteiger partial charge in [0.15, 0.2) is 11.5 Å². The minimum absolute atomic E-state index is 0.161. The molecule has 0 fully saturated rings. The molecule has 3 nitrogen and oxygen atoms in total. The summed E-state index contributed by atoms with van der Waals surface area (Å²) in [5.41, 5.74) is 8.44. The Morgan fingerprint density at radius 1 is 1.28 bits per heavy atom. The first-order chi connectivity index (χ1) is 8.75. The topological polar surface area (TPSA) is 44.5 Å². The van der Waals surface area contributed by atoms with Crippen LogP contribution in [0.25, 0.3) is 0 Å². The predicted octanol–water partition coefficient (Wildman–Crippen LogP) is 2.88. The van der Waals surface area contributed by atoms with Crippen molar-refractivity contribution in [2.45, 2.75) is 13.0 Å². The van der Waals surface area contributed by atoms with Crippen LogP contribution < -0.4 is 15.2 Å². The molecule has 1 atom stereocenters. The Morgan fingerprint density at radius 3 is 2.89 bits per heavy atom. The number of para-hydroxylation sites is 1. The summed E-state index contributed by atoms with van der Waals surface area (Å²) in [5, 5.41) is 2.10. The van der Waals surface area contributed by atoms with Gasteiger partial charge >= 0.3 is 0 Å². The van der Waals surface area contributed by atoms with E-state index < -0.39 is 0 Å². The molecule has 0 radical (unpaired) electrons. The van der Waals surface area contributed by atoms with Crippen LogP contribution in [0.4, 0.5) is 0 Å². The second-order valence-electron chi connectivity index (χ2n) is 4.34. The van der Waals surface area contributed by atoms with Gasteiger partial charge in [0.2, 0.25) is 0 Å². The Balaban J connectivity index is 2.01. The van der Waals surface area contributed by atoms with Crippen LogP contribution in [0.15, 0.2) is 29.6 Å². The highest BCUT2D eigenvalue weighted by atomic mass is 32.1. The van der Waals surface area contributed by atoms with Crippen molar-refractivity contribution < 1.29 is 9.47 Å². The molecule has 0 spiro atoms. The minimum atomic E-state index is -0.161. The molecule has 1 aliphatic rings. The molecule has 0 bridgehead atoms. The highest BCUT2D eigenvalue weighted by molar-refractivity contribution is 7.10.